The van der Waals surface area contributed by atoms with Crippen LogP contribution < -0.4 is 0 Å². The van der Waals surface area contributed by atoms with Crippen LogP contribution in [0.2, 0.25) is 0 Å². The molecule has 1 aliphatic carbocycles. The lowest BCUT2D eigenvalue weighted by molar-refractivity contribution is -0.143. The Labute approximate surface area is 113 Å². The number of benzene rings is 1. The number of rotatable bonds is 3. The van der Waals surface area contributed by atoms with Crippen molar-refractivity contribution in [3.8, 4) is 0 Å². The van der Waals surface area contributed by atoms with Crippen molar-refractivity contribution in [2.45, 2.75) is 38.5 Å². The number of nitrogens with one attached hydrogen (secondary N) is 1. The first-order valence-corrected chi connectivity index (χ1v) is 7.04. The van der Waals surface area contributed by atoms with Crippen LogP contribution in [0.1, 0.15) is 43.4 Å². The molecule has 1 N–H and O–H groups in total. The van der Waals surface area contributed by atoms with Gasteiger partial charge in [0.15, 0.2) is 0 Å². The zero-order chi connectivity index (χ0) is 13.2. The molecule has 3 heteroatoms. The van der Waals surface area contributed by atoms with Crippen LogP contribution in [-0.4, -0.2) is 17.6 Å². The number of aromatic amines is 1. The molecule has 3 rings (SSSR count). The predicted octanol–water partition coefficient (Wildman–Crippen LogP) is 3.54. The van der Waals surface area contributed by atoms with Gasteiger partial charge in [0.2, 0.25) is 0 Å². The van der Waals surface area contributed by atoms with Crippen LogP contribution >= 0.6 is 0 Å². The van der Waals surface area contributed by atoms with E-state index in [9.17, 15) is 4.79 Å². The first-order chi connectivity index (χ1) is 9.29. The summed E-state index contributed by atoms with van der Waals surface area (Å²) in [6.45, 7) is 2.32. The highest BCUT2D eigenvalue weighted by Gasteiger charge is 2.26. The summed E-state index contributed by atoms with van der Waals surface area (Å²) in [6, 6.07) is 8.36. The van der Waals surface area contributed by atoms with E-state index in [-0.39, 0.29) is 5.97 Å². The lowest BCUT2D eigenvalue weighted by Crippen LogP contribution is -2.15. The van der Waals surface area contributed by atoms with Crippen LogP contribution in [0.3, 0.4) is 0 Å². The number of carbonyl (C=O) groups excluding carboxylic acids is 1. The van der Waals surface area contributed by atoms with Gasteiger partial charge in [0.1, 0.15) is 0 Å². The molecule has 0 bridgehead atoms. The highest BCUT2D eigenvalue weighted by molar-refractivity contribution is 5.86. The van der Waals surface area contributed by atoms with Gasteiger partial charge in [-0.05, 0) is 43.7 Å². The number of ether oxygens (including phenoxy) is 1. The van der Waals surface area contributed by atoms with Gasteiger partial charge in [-0.25, -0.2) is 0 Å². The van der Waals surface area contributed by atoms with Crippen LogP contribution in [0, 0.1) is 0 Å². The fraction of sp³-hybridized carbons (Fsp3) is 0.438. The third-order valence-electron chi connectivity index (χ3n) is 3.93. The standard InChI is InChI=1S/C16H19NO2/c1-2-19-15(18)10-11-6-5-9-14-16(11)12-7-3-4-8-13(12)17-14/h3-4,7-8,11,17H,2,5-6,9-10H2,1H3. The molecular weight excluding hydrogens is 238 g/mol. The van der Waals surface area contributed by atoms with Crippen molar-refractivity contribution in [1.82, 2.24) is 4.98 Å². The van der Waals surface area contributed by atoms with Gasteiger partial charge in [-0.3, -0.25) is 4.79 Å². The number of aromatic nitrogens is 1. The van der Waals surface area contributed by atoms with Crippen molar-refractivity contribution in [2.75, 3.05) is 6.61 Å². The van der Waals surface area contributed by atoms with E-state index in [1.54, 1.807) is 0 Å². The van der Waals surface area contributed by atoms with Crippen LogP contribution in [0.5, 0.6) is 0 Å². The minimum atomic E-state index is -0.0781. The fourth-order valence-electron chi connectivity index (χ4n) is 3.18. The molecular formula is C16H19NO2. The molecule has 0 saturated carbocycles. The molecule has 0 saturated heterocycles. The Bertz CT molecular complexity index is 600. The Hall–Kier alpha value is -1.77. The van der Waals surface area contributed by atoms with Gasteiger partial charge in [-0.2, -0.15) is 0 Å². The molecule has 1 aromatic carbocycles. The molecule has 1 heterocycles. The number of para-hydroxylation sites is 1. The van der Waals surface area contributed by atoms with Gasteiger partial charge < -0.3 is 9.72 Å². The summed E-state index contributed by atoms with van der Waals surface area (Å²) in [5, 5.41) is 1.27. The summed E-state index contributed by atoms with van der Waals surface area (Å²) in [7, 11) is 0. The summed E-state index contributed by atoms with van der Waals surface area (Å²) < 4.78 is 5.10. The monoisotopic (exact) mass is 257 g/mol. The highest BCUT2D eigenvalue weighted by Crippen LogP contribution is 2.38. The van der Waals surface area contributed by atoms with E-state index in [1.165, 1.54) is 22.2 Å². The van der Waals surface area contributed by atoms with E-state index in [2.05, 4.69) is 23.2 Å². The zero-order valence-electron chi connectivity index (χ0n) is 11.2. The number of esters is 1. The molecule has 1 unspecified atom stereocenters. The topological polar surface area (TPSA) is 42.1 Å². The van der Waals surface area contributed by atoms with Gasteiger partial charge in [-0.1, -0.05) is 18.2 Å². The summed E-state index contributed by atoms with van der Waals surface area (Å²) in [6.07, 6.45) is 3.81. The van der Waals surface area contributed by atoms with E-state index in [1.807, 2.05) is 13.0 Å². The van der Waals surface area contributed by atoms with E-state index < -0.39 is 0 Å². The fourth-order valence-corrected chi connectivity index (χ4v) is 3.18. The molecule has 3 nitrogen and oxygen atoms in total. The van der Waals surface area contributed by atoms with Crippen LogP contribution in [-0.2, 0) is 16.0 Å². The first kappa shape index (κ1) is 12.3. The van der Waals surface area contributed by atoms with Gasteiger partial charge in [0.05, 0.1) is 13.0 Å². The molecule has 1 atom stereocenters. The summed E-state index contributed by atoms with van der Waals surface area (Å²) in [4.78, 5) is 15.2. The zero-order valence-corrected chi connectivity index (χ0v) is 11.2. The molecule has 2 aromatic rings. The van der Waals surface area contributed by atoms with Crippen molar-refractivity contribution in [3.05, 3.63) is 35.5 Å². The van der Waals surface area contributed by atoms with Crippen molar-refractivity contribution in [2.24, 2.45) is 0 Å². The number of H-pyrrole nitrogens is 1. The molecule has 1 aromatic heterocycles. The molecule has 100 valence electrons. The summed E-state index contributed by atoms with van der Waals surface area (Å²) in [5.41, 5.74) is 3.83. The van der Waals surface area contributed by atoms with Gasteiger partial charge in [0.25, 0.3) is 0 Å². The average molecular weight is 257 g/mol. The van der Waals surface area contributed by atoms with Crippen molar-refractivity contribution in [3.63, 3.8) is 0 Å². The number of hydrogen-bond acceptors (Lipinski definition) is 2. The van der Waals surface area contributed by atoms with Crippen molar-refractivity contribution >= 4 is 16.9 Å². The molecule has 0 fully saturated rings. The Balaban J connectivity index is 1.96. The maximum absolute atomic E-state index is 11.7. The third-order valence-corrected chi connectivity index (χ3v) is 3.93. The maximum atomic E-state index is 11.7. The Morgan fingerprint density at radius 3 is 3.11 bits per heavy atom. The predicted molar refractivity (Wildman–Crippen MR) is 75.2 cm³/mol. The van der Waals surface area contributed by atoms with E-state index >= 15 is 0 Å². The van der Waals surface area contributed by atoms with Gasteiger partial charge in [-0.15, -0.1) is 0 Å². The molecule has 0 amide bonds. The lowest BCUT2D eigenvalue weighted by atomic mass is 9.83. The molecule has 0 spiro atoms. The van der Waals surface area contributed by atoms with Crippen LogP contribution in [0.15, 0.2) is 24.3 Å². The van der Waals surface area contributed by atoms with Gasteiger partial charge >= 0.3 is 5.97 Å². The summed E-state index contributed by atoms with van der Waals surface area (Å²) >= 11 is 0. The molecule has 1 aliphatic rings. The first-order valence-electron chi connectivity index (χ1n) is 7.04. The van der Waals surface area contributed by atoms with Gasteiger partial charge in [0, 0.05) is 16.6 Å². The smallest absolute Gasteiger partial charge is 0.306 e. The minimum absolute atomic E-state index is 0.0781. The van der Waals surface area contributed by atoms with Crippen LogP contribution in [0.25, 0.3) is 10.9 Å². The average Bonchev–Trinajstić information content (AvgIpc) is 2.78. The Morgan fingerprint density at radius 2 is 2.26 bits per heavy atom. The van der Waals surface area contributed by atoms with Crippen LogP contribution in [0.4, 0.5) is 0 Å². The van der Waals surface area contributed by atoms with E-state index in [0.717, 1.165) is 19.3 Å². The SMILES string of the molecule is CCOC(=O)CC1CCCc2[nH]c3ccccc3c21. The molecule has 0 aliphatic heterocycles. The molecule has 19 heavy (non-hydrogen) atoms. The second-order valence-electron chi connectivity index (χ2n) is 5.16. The minimum Gasteiger partial charge on any atom is -0.466 e. The number of aryl methyl sites for hydroxylation is 1. The summed E-state index contributed by atoms with van der Waals surface area (Å²) in [5.74, 6) is 0.226. The second-order valence-corrected chi connectivity index (χ2v) is 5.16. The second kappa shape index (κ2) is 5.08. The highest BCUT2D eigenvalue weighted by atomic mass is 16.5. The van der Waals surface area contributed by atoms with Crippen molar-refractivity contribution < 1.29 is 9.53 Å². The quantitative estimate of drug-likeness (QED) is 0.854. The van der Waals surface area contributed by atoms with E-state index in [0.29, 0.717) is 18.9 Å². The third kappa shape index (κ3) is 2.25. The number of hydrogen-bond donors (Lipinski definition) is 1. The number of carbonyl (C=O) groups is 1. The molecule has 0 radical (unpaired) electrons. The Kier molecular flexibility index (Phi) is 3.28. The number of fused-ring (bicyclic) bond motifs is 3. The van der Waals surface area contributed by atoms with Crippen molar-refractivity contribution in [1.29, 1.82) is 0 Å². The largest absolute Gasteiger partial charge is 0.466 e. The van der Waals surface area contributed by atoms with E-state index in [4.69, 9.17) is 4.74 Å². The Morgan fingerprint density at radius 1 is 1.42 bits per heavy atom. The normalized spacial score (nSPS) is 18.3. The maximum Gasteiger partial charge on any atom is 0.306 e. The lowest BCUT2D eigenvalue weighted by Gasteiger charge is -2.22.